The van der Waals surface area contributed by atoms with Gasteiger partial charge in [0.05, 0.1) is 11.6 Å². The predicted molar refractivity (Wildman–Crippen MR) is 57.6 cm³/mol. The van der Waals surface area contributed by atoms with Gasteiger partial charge < -0.3 is 15.8 Å². The number of hydrogen-bond acceptors (Lipinski definition) is 4. The topological polar surface area (TPSA) is 92.0 Å². The maximum absolute atomic E-state index is 11.4. The van der Waals surface area contributed by atoms with Crippen LogP contribution in [0.15, 0.2) is 4.79 Å². The maximum atomic E-state index is 11.4. The summed E-state index contributed by atoms with van der Waals surface area (Å²) < 4.78 is 0. The molecule has 5 heteroatoms. The Balaban J connectivity index is 3.24. The fourth-order valence-electron chi connectivity index (χ4n) is 1.09. The summed E-state index contributed by atoms with van der Waals surface area (Å²) in [5.74, 6) is 0.0593. The smallest absolute Gasteiger partial charge is 0.257 e. The van der Waals surface area contributed by atoms with Crippen molar-refractivity contribution < 1.29 is 5.11 Å². The molecule has 0 aliphatic carbocycles. The summed E-state index contributed by atoms with van der Waals surface area (Å²) in [6.07, 6.45) is 0. The van der Waals surface area contributed by atoms with E-state index in [-0.39, 0.29) is 22.4 Å². The molecular weight excluding hydrogens is 194 g/mol. The molecule has 0 saturated carbocycles. The third kappa shape index (κ3) is 2.36. The van der Waals surface area contributed by atoms with Crippen LogP contribution in [0.3, 0.4) is 0 Å². The van der Waals surface area contributed by atoms with Crippen molar-refractivity contribution in [3.8, 4) is 5.88 Å². The fourth-order valence-corrected chi connectivity index (χ4v) is 1.09. The normalized spacial score (nSPS) is 13.9. The maximum Gasteiger partial charge on any atom is 0.257 e. The summed E-state index contributed by atoms with van der Waals surface area (Å²) in [5, 5.41) is 9.41. The van der Waals surface area contributed by atoms with Gasteiger partial charge in [-0.15, -0.1) is 0 Å². The van der Waals surface area contributed by atoms with Gasteiger partial charge in [-0.2, -0.15) is 4.98 Å². The lowest BCUT2D eigenvalue weighted by atomic mass is 9.87. The SMILES string of the molecule is Cc1c(O)nc(C(N)C(C)(C)C)[nH]c1=O. The Morgan fingerprint density at radius 3 is 2.40 bits per heavy atom. The first-order valence-corrected chi connectivity index (χ1v) is 4.79. The van der Waals surface area contributed by atoms with Gasteiger partial charge in [0.1, 0.15) is 5.82 Å². The highest BCUT2D eigenvalue weighted by atomic mass is 16.3. The van der Waals surface area contributed by atoms with Crippen molar-refractivity contribution in [2.75, 3.05) is 0 Å². The number of aromatic amines is 1. The fraction of sp³-hybridized carbons (Fsp3) is 0.600. The number of aromatic nitrogens is 2. The third-order valence-corrected chi connectivity index (χ3v) is 2.37. The van der Waals surface area contributed by atoms with Crippen LogP contribution in [0.4, 0.5) is 0 Å². The summed E-state index contributed by atoms with van der Waals surface area (Å²) >= 11 is 0. The molecule has 4 N–H and O–H groups in total. The first-order valence-electron chi connectivity index (χ1n) is 4.79. The monoisotopic (exact) mass is 211 g/mol. The Kier molecular flexibility index (Phi) is 2.86. The molecule has 0 amide bonds. The lowest BCUT2D eigenvalue weighted by Crippen LogP contribution is -2.30. The van der Waals surface area contributed by atoms with Crippen molar-refractivity contribution in [1.82, 2.24) is 9.97 Å². The van der Waals surface area contributed by atoms with E-state index < -0.39 is 6.04 Å². The summed E-state index contributed by atoms with van der Waals surface area (Å²) in [5.41, 5.74) is 5.55. The van der Waals surface area contributed by atoms with Crippen LogP contribution in [-0.4, -0.2) is 15.1 Å². The van der Waals surface area contributed by atoms with Gasteiger partial charge in [-0.3, -0.25) is 4.79 Å². The van der Waals surface area contributed by atoms with E-state index >= 15 is 0 Å². The molecule has 1 atom stereocenters. The van der Waals surface area contributed by atoms with E-state index in [1.807, 2.05) is 20.8 Å². The van der Waals surface area contributed by atoms with Crippen molar-refractivity contribution in [1.29, 1.82) is 0 Å². The van der Waals surface area contributed by atoms with Gasteiger partial charge in [-0.05, 0) is 12.3 Å². The zero-order valence-corrected chi connectivity index (χ0v) is 9.46. The molecule has 0 aliphatic rings. The van der Waals surface area contributed by atoms with Gasteiger partial charge in [-0.1, -0.05) is 20.8 Å². The van der Waals surface area contributed by atoms with Gasteiger partial charge in [0.2, 0.25) is 5.88 Å². The molecule has 84 valence electrons. The largest absolute Gasteiger partial charge is 0.493 e. The van der Waals surface area contributed by atoms with Crippen molar-refractivity contribution in [3.63, 3.8) is 0 Å². The number of nitrogens with two attached hydrogens (primary N) is 1. The summed E-state index contributed by atoms with van der Waals surface area (Å²) in [7, 11) is 0. The van der Waals surface area contributed by atoms with E-state index in [0.29, 0.717) is 5.82 Å². The second-order valence-corrected chi connectivity index (χ2v) is 4.74. The minimum Gasteiger partial charge on any atom is -0.493 e. The van der Waals surface area contributed by atoms with Gasteiger partial charge in [0.15, 0.2) is 0 Å². The first kappa shape index (κ1) is 11.7. The zero-order chi connectivity index (χ0) is 11.8. The highest BCUT2D eigenvalue weighted by molar-refractivity contribution is 5.21. The first-order chi connectivity index (χ1) is 6.73. The average molecular weight is 211 g/mol. The number of H-pyrrole nitrogens is 1. The second kappa shape index (κ2) is 3.66. The lowest BCUT2D eigenvalue weighted by molar-refractivity contribution is 0.311. The van der Waals surface area contributed by atoms with Crippen LogP contribution >= 0.6 is 0 Å². The van der Waals surface area contributed by atoms with E-state index in [2.05, 4.69) is 9.97 Å². The lowest BCUT2D eigenvalue weighted by Gasteiger charge is -2.25. The highest BCUT2D eigenvalue weighted by Gasteiger charge is 2.25. The van der Waals surface area contributed by atoms with Crippen molar-refractivity contribution >= 4 is 0 Å². The average Bonchev–Trinajstić information content (AvgIpc) is 2.10. The minimum absolute atomic E-state index is 0.208. The number of nitrogens with zero attached hydrogens (tertiary/aromatic N) is 1. The van der Waals surface area contributed by atoms with Crippen molar-refractivity contribution in [3.05, 3.63) is 21.7 Å². The van der Waals surface area contributed by atoms with Crippen LogP contribution in [0.1, 0.15) is 38.2 Å². The van der Waals surface area contributed by atoms with Gasteiger partial charge >= 0.3 is 0 Å². The molecule has 0 aliphatic heterocycles. The predicted octanol–water partition coefficient (Wildman–Crippen LogP) is 0.830. The summed E-state index contributed by atoms with van der Waals surface area (Å²) in [4.78, 5) is 17.8. The van der Waals surface area contributed by atoms with Crippen LogP contribution in [0.5, 0.6) is 5.88 Å². The molecule has 0 bridgehead atoms. The van der Waals surface area contributed by atoms with E-state index in [1.54, 1.807) is 0 Å². The van der Waals surface area contributed by atoms with Crippen LogP contribution in [0.2, 0.25) is 0 Å². The Labute approximate surface area is 88.4 Å². The molecule has 0 fully saturated rings. The summed E-state index contributed by atoms with van der Waals surface area (Å²) in [6.45, 7) is 7.32. The molecule has 15 heavy (non-hydrogen) atoms. The minimum atomic E-state index is -0.420. The van der Waals surface area contributed by atoms with Crippen molar-refractivity contribution in [2.24, 2.45) is 11.1 Å². The Hall–Kier alpha value is -1.36. The zero-order valence-electron chi connectivity index (χ0n) is 9.46. The van der Waals surface area contributed by atoms with Crippen LogP contribution in [-0.2, 0) is 0 Å². The Bertz CT molecular complexity index is 418. The Morgan fingerprint density at radius 1 is 1.47 bits per heavy atom. The Morgan fingerprint density at radius 2 is 2.00 bits per heavy atom. The molecule has 5 nitrogen and oxygen atoms in total. The molecule has 0 radical (unpaired) electrons. The molecule has 0 saturated heterocycles. The van der Waals surface area contributed by atoms with E-state index in [1.165, 1.54) is 6.92 Å². The number of rotatable bonds is 1. The molecule has 0 spiro atoms. The summed E-state index contributed by atoms with van der Waals surface area (Å²) in [6, 6.07) is -0.420. The van der Waals surface area contributed by atoms with Gasteiger partial charge in [-0.25, -0.2) is 0 Å². The third-order valence-electron chi connectivity index (χ3n) is 2.37. The van der Waals surface area contributed by atoms with Gasteiger partial charge in [0, 0.05) is 0 Å². The van der Waals surface area contributed by atoms with Gasteiger partial charge in [0.25, 0.3) is 5.56 Å². The van der Waals surface area contributed by atoms with Crippen molar-refractivity contribution in [2.45, 2.75) is 33.7 Å². The molecule has 1 unspecified atom stereocenters. The molecule has 1 rings (SSSR count). The molecule has 1 aromatic heterocycles. The molecule has 1 aromatic rings. The molecule has 1 heterocycles. The molecule has 0 aromatic carbocycles. The van der Waals surface area contributed by atoms with Crippen LogP contribution in [0.25, 0.3) is 0 Å². The van der Waals surface area contributed by atoms with E-state index in [9.17, 15) is 9.90 Å². The number of aromatic hydroxyl groups is 1. The molecular formula is C10H17N3O2. The standard InChI is InChI=1S/C10H17N3O2/c1-5-8(14)12-7(13-9(5)15)6(11)10(2,3)4/h6H,11H2,1-4H3,(H2,12,13,14,15). The van der Waals surface area contributed by atoms with E-state index in [4.69, 9.17) is 5.73 Å². The second-order valence-electron chi connectivity index (χ2n) is 4.74. The number of nitrogens with one attached hydrogen (secondary N) is 1. The quantitative estimate of drug-likeness (QED) is 0.641. The number of hydrogen-bond donors (Lipinski definition) is 3. The van der Waals surface area contributed by atoms with Crippen LogP contribution < -0.4 is 11.3 Å². The van der Waals surface area contributed by atoms with Crippen LogP contribution in [0, 0.1) is 12.3 Å². The van der Waals surface area contributed by atoms with E-state index in [0.717, 1.165) is 0 Å². The highest BCUT2D eigenvalue weighted by Crippen LogP contribution is 2.28.